The Morgan fingerprint density at radius 2 is 1.92 bits per heavy atom. The van der Waals surface area contributed by atoms with Gasteiger partial charge in [0.2, 0.25) is 10.0 Å². The number of pyridine rings is 2. The largest absolute Gasteiger partial charge is 0.497 e. The Morgan fingerprint density at radius 1 is 1.18 bits per heavy atom. The van der Waals surface area contributed by atoms with E-state index < -0.39 is 33.0 Å². The number of rotatable bonds is 7. The van der Waals surface area contributed by atoms with Gasteiger partial charge in [0, 0.05) is 23.8 Å². The number of fused-ring (bicyclic) bond motifs is 1. The van der Waals surface area contributed by atoms with Crippen LogP contribution in [0.3, 0.4) is 0 Å². The van der Waals surface area contributed by atoms with Gasteiger partial charge in [0.05, 0.1) is 29.6 Å². The lowest BCUT2D eigenvalue weighted by Crippen LogP contribution is -2.42. The van der Waals surface area contributed by atoms with Crippen molar-refractivity contribution in [3.8, 4) is 29.0 Å². The zero-order valence-electron chi connectivity index (χ0n) is 20.3. The number of hydrogen-bond donors (Lipinski definition) is 1. The molecule has 0 saturated carbocycles. The molecule has 0 radical (unpaired) electrons. The molecule has 0 aliphatic heterocycles. The first-order valence-electron chi connectivity index (χ1n) is 11.2. The minimum atomic E-state index is -4.78. The van der Waals surface area contributed by atoms with Gasteiger partial charge in [0.15, 0.2) is 0 Å². The molecule has 4 aromatic rings. The van der Waals surface area contributed by atoms with Crippen LogP contribution in [0.15, 0.2) is 53.7 Å². The fourth-order valence-corrected chi connectivity index (χ4v) is 5.08. The predicted octanol–water partition coefficient (Wildman–Crippen LogP) is 4.90. The van der Waals surface area contributed by atoms with Crippen molar-refractivity contribution in [2.75, 3.05) is 7.11 Å². The topological polar surface area (TPSA) is 110 Å². The van der Waals surface area contributed by atoms with Gasteiger partial charge in [-0.15, -0.1) is 0 Å². The average Bonchev–Trinajstić information content (AvgIpc) is 3.20. The molecular formula is C25H21F4N5O3S. The minimum Gasteiger partial charge on any atom is -0.497 e. The molecule has 8 nitrogen and oxygen atoms in total. The number of halogens is 4. The Bertz CT molecular complexity index is 1660. The quantitative estimate of drug-likeness (QED) is 0.330. The van der Waals surface area contributed by atoms with Crippen molar-refractivity contribution in [1.82, 2.24) is 19.3 Å². The highest BCUT2D eigenvalue weighted by molar-refractivity contribution is 7.89. The highest BCUT2D eigenvalue weighted by Crippen LogP contribution is 2.37. The van der Waals surface area contributed by atoms with E-state index in [2.05, 4.69) is 16.0 Å². The molecule has 13 heteroatoms. The maximum absolute atomic E-state index is 14.7. The summed E-state index contributed by atoms with van der Waals surface area (Å²) >= 11 is 0. The van der Waals surface area contributed by atoms with Crippen LogP contribution in [0, 0.1) is 17.1 Å². The number of aryl methyl sites for hydroxylation is 1. The first-order chi connectivity index (χ1) is 17.9. The van der Waals surface area contributed by atoms with Crippen molar-refractivity contribution >= 4 is 20.9 Å². The molecule has 3 heterocycles. The molecule has 38 heavy (non-hydrogen) atoms. The van der Waals surface area contributed by atoms with Gasteiger partial charge in [-0.3, -0.25) is 9.55 Å². The van der Waals surface area contributed by atoms with Crippen LogP contribution >= 0.6 is 0 Å². The van der Waals surface area contributed by atoms with E-state index in [1.165, 1.54) is 25.4 Å². The predicted molar refractivity (Wildman–Crippen MR) is 131 cm³/mol. The van der Waals surface area contributed by atoms with Crippen LogP contribution in [-0.4, -0.2) is 42.3 Å². The first kappa shape index (κ1) is 27.0. The lowest BCUT2D eigenvalue weighted by molar-refractivity contribution is -0.147. The smallest absolute Gasteiger partial charge is 0.404 e. The molecule has 3 aromatic heterocycles. The summed E-state index contributed by atoms with van der Waals surface area (Å²) in [5.74, 6) is 0.273. The molecule has 198 valence electrons. The third-order valence-corrected chi connectivity index (χ3v) is 7.45. The monoisotopic (exact) mass is 547 g/mol. The summed E-state index contributed by atoms with van der Waals surface area (Å²) in [5.41, 5.74) is 1.21. The van der Waals surface area contributed by atoms with E-state index in [1.807, 2.05) is 0 Å². The molecule has 0 fully saturated rings. The van der Waals surface area contributed by atoms with E-state index in [-0.39, 0.29) is 22.3 Å². The number of benzene rings is 1. The van der Waals surface area contributed by atoms with Gasteiger partial charge >= 0.3 is 6.18 Å². The van der Waals surface area contributed by atoms with Crippen LogP contribution in [0.25, 0.3) is 28.1 Å². The number of methoxy groups -OCH3 is 1. The third kappa shape index (κ3) is 4.92. The SMILES string of the molecule is CCc1cc2c(cc1F)c(C#N)c(-c1ccc(S(=O)(=O)NC(C)C(F)(F)F)cn1)n2-c1cc(OC)ccn1. The van der Waals surface area contributed by atoms with Crippen molar-refractivity contribution < 1.29 is 30.7 Å². The number of hydrogen-bond acceptors (Lipinski definition) is 6. The van der Waals surface area contributed by atoms with E-state index in [0.29, 0.717) is 36.0 Å². The number of alkyl halides is 3. The number of ether oxygens (including phenoxy) is 1. The zero-order valence-corrected chi connectivity index (χ0v) is 21.2. The average molecular weight is 548 g/mol. The number of aromatic nitrogens is 3. The van der Waals surface area contributed by atoms with Crippen LogP contribution in [0.4, 0.5) is 17.6 Å². The summed E-state index contributed by atoms with van der Waals surface area (Å²) in [7, 11) is -3.08. The standard InChI is InChI=1S/C25H21F4N5O3S/c1-4-15-9-22-18(11-20(15)26)19(12-30)24(34(22)23-10-16(37-3)7-8-31-23)21-6-5-17(13-32-21)38(35,36)33-14(2)25(27,28)29/h5-11,13-14,33H,4H2,1-3H3. The van der Waals surface area contributed by atoms with Gasteiger partial charge in [-0.25, -0.2) is 17.8 Å². The lowest BCUT2D eigenvalue weighted by Gasteiger charge is -2.17. The van der Waals surface area contributed by atoms with Crippen molar-refractivity contribution in [3.63, 3.8) is 0 Å². The summed E-state index contributed by atoms with van der Waals surface area (Å²) in [6.07, 6.45) is -2.03. The zero-order chi connectivity index (χ0) is 27.8. The summed E-state index contributed by atoms with van der Waals surface area (Å²) in [6, 6.07) is 8.14. The molecule has 0 amide bonds. The molecule has 1 unspecified atom stereocenters. The molecule has 0 bridgehead atoms. The minimum absolute atomic E-state index is 0.0538. The normalized spacial score (nSPS) is 12.9. The molecule has 0 aliphatic carbocycles. The van der Waals surface area contributed by atoms with E-state index in [4.69, 9.17) is 4.74 Å². The van der Waals surface area contributed by atoms with Crippen molar-refractivity contribution in [2.24, 2.45) is 0 Å². The van der Waals surface area contributed by atoms with Crippen LogP contribution in [0.1, 0.15) is 25.0 Å². The van der Waals surface area contributed by atoms with Gasteiger partial charge in [0.25, 0.3) is 0 Å². The molecule has 0 saturated heterocycles. The van der Waals surface area contributed by atoms with Crippen LogP contribution in [0.2, 0.25) is 0 Å². The van der Waals surface area contributed by atoms with Gasteiger partial charge in [-0.1, -0.05) is 6.92 Å². The van der Waals surface area contributed by atoms with Crippen LogP contribution in [0.5, 0.6) is 5.75 Å². The molecule has 0 aliphatic rings. The van der Waals surface area contributed by atoms with Gasteiger partial charge in [-0.2, -0.15) is 23.2 Å². The Kier molecular flexibility index (Phi) is 7.14. The van der Waals surface area contributed by atoms with Gasteiger partial charge < -0.3 is 4.74 Å². The third-order valence-electron chi connectivity index (χ3n) is 5.92. The number of nitriles is 1. The summed E-state index contributed by atoms with van der Waals surface area (Å²) in [5, 5.41) is 10.3. The van der Waals surface area contributed by atoms with Gasteiger partial charge in [-0.05, 0) is 49.2 Å². The maximum atomic E-state index is 14.7. The second-order valence-corrected chi connectivity index (χ2v) is 10.0. The fraction of sp³-hybridized carbons (Fsp3) is 0.240. The molecular weight excluding hydrogens is 526 g/mol. The van der Waals surface area contributed by atoms with Gasteiger partial charge in [0.1, 0.15) is 34.4 Å². The van der Waals surface area contributed by atoms with Crippen LogP contribution < -0.4 is 9.46 Å². The van der Waals surface area contributed by atoms with E-state index in [0.717, 1.165) is 12.3 Å². The summed E-state index contributed by atoms with van der Waals surface area (Å²) in [4.78, 5) is 8.03. The van der Waals surface area contributed by atoms with Crippen molar-refractivity contribution in [2.45, 2.75) is 37.4 Å². The van der Waals surface area contributed by atoms with Crippen molar-refractivity contribution in [1.29, 1.82) is 5.26 Å². The second-order valence-electron chi connectivity index (χ2n) is 8.30. The lowest BCUT2D eigenvalue weighted by atomic mass is 10.1. The van der Waals surface area contributed by atoms with Crippen LogP contribution in [-0.2, 0) is 16.4 Å². The molecule has 0 spiro atoms. The molecule has 1 aromatic carbocycles. The van der Waals surface area contributed by atoms with E-state index in [1.54, 1.807) is 34.4 Å². The Balaban J connectivity index is 1.94. The fourth-order valence-electron chi connectivity index (χ4n) is 3.91. The Labute approximate surface area is 215 Å². The number of sulfonamides is 1. The molecule has 1 N–H and O–H groups in total. The number of nitrogens with one attached hydrogen (secondary N) is 1. The second kappa shape index (κ2) is 10.0. The molecule has 4 rings (SSSR count). The van der Waals surface area contributed by atoms with E-state index in [9.17, 15) is 31.2 Å². The first-order valence-corrected chi connectivity index (χ1v) is 12.7. The summed E-state index contributed by atoms with van der Waals surface area (Å²) < 4.78 is 86.8. The highest BCUT2D eigenvalue weighted by atomic mass is 32.2. The van der Waals surface area contributed by atoms with E-state index >= 15 is 0 Å². The Morgan fingerprint density at radius 3 is 2.50 bits per heavy atom. The summed E-state index contributed by atoms with van der Waals surface area (Å²) in [6.45, 7) is 2.46. The molecule has 1 atom stereocenters. The Hall–Kier alpha value is -4.02. The number of nitrogens with zero attached hydrogens (tertiary/aromatic N) is 4. The highest BCUT2D eigenvalue weighted by Gasteiger charge is 2.39. The van der Waals surface area contributed by atoms with Crippen molar-refractivity contribution in [3.05, 3.63) is 65.7 Å². The maximum Gasteiger partial charge on any atom is 0.404 e.